The Morgan fingerprint density at radius 2 is 1.62 bits per heavy atom. The number of fused-ring (bicyclic) bond motifs is 3. The first-order chi connectivity index (χ1) is 12.7. The lowest BCUT2D eigenvalue weighted by Crippen LogP contribution is -2.44. The molecular weight excluding hydrogens is 314 g/mol. The first-order valence-electron chi connectivity index (χ1n) is 12.1. The molecule has 148 valence electrons. The number of unbranched alkanes of at least 4 members (excludes halogenated alkanes) is 4. The molecule has 6 atom stereocenters. The molecule has 0 aromatic heterocycles. The van der Waals surface area contributed by atoms with E-state index < -0.39 is 0 Å². The highest BCUT2D eigenvalue weighted by Gasteiger charge is 2.48. The summed E-state index contributed by atoms with van der Waals surface area (Å²) in [7, 11) is 0. The zero-order chi connectivity index (χ0) is 18.4. The SMILES string of the molecule is CCCCCCCC1CCC2C(CCC3CC(C#N)(CCC)CCC32)C1. The number of nitrogens with zero attached hydrogens (tertiary/aromatic N) is 1. The molecule has 3 fully saturated rings. The van der Waals surface area contributed by atoms with Crippen molar-refractivity contribution in [1.29, 1.82) is 5.26 Å². The molecule has 0 radical (unpaired) electrons. The molecule has 3 rings (SSSR count). The summed E-state index contributed by atoms with van der Waals surface area (Å²) < 4.78 is 0. The topological polar surface area (TPSA) is 23.8 Å². The van der Waals surface area contributed by atoms with Crippen LogP contribution in [0, 0.1) is 46.3 Å². The molecule has 0 spiro atoms. The molecule has 6 unspecified atom stereocenters. The smallest absolute Gasteiger partial charge is 0.0689 e. The van der Waals surface area contributed by atoms with Crippen molar-refractivity contribution in [1.82, 2.24) is 0 Å². The molecule has 0 amide bonds. The van der Waals surface area contributed by atoms with Crippen LogP contribution < -0.4 is 0 Å². The van der Waals surface area contributed by atoms with Crippen molar-refractivity contribution in [3.63, 3.8) is 0 Å². The highest BCUT2D eigenvalue weighted by molar-refractivity contribution is 5.06. The molecule has 0 aliphatic heterocycles. The van der Waals surface area contributed by atoms with Gasteiger partial charge >= 0.3 is 0 Å². The third-order valence-electron chi connectivity index (χ3n) is 8.50. The van der Waals surface area contributed by atoms with E-state index in [1.165, 1.54) is 89.9 Å². The minimum atomic E-state index is 0.0401. The molecule has 0 aromatic rings. The molecule has 3 aliphatic carbocycles. The maximum Gasteiger partial charge on any atom is 0.0689 e. The first-order valence-corrected chi connectivity index (χ1v) is 12.1. The van der Waals surface area contributed by atoms with Crippen LogP contribution in [-0.2, 0) is 0 Å². The average molecular weight is 358 g/mol. The lowest BCUT2D eigenvalue weighted by Gasteiger charge is -2.52. The van der Waals surface area contributed by atoms with Gasteiger partial charge in [0.05, 0.1) is 11.5 Å². The molecule has 1 heteroatoms. The second-order valence-corrected chi connectivity index (χ2v) is 10.2. The highest BCUT2D eigenvalue weighted by atomic mass is 14.5. The van der Waals surface area contributed by atoms with E-state index in [1.807, 2.05) is 0 Å². The van der Waals surface area contributed by atoms with E-state index in [-0.39, 0.29) is 5.41 Å². The van der Waals surface area contributed by atoms with E-state index in [2.05, 4.69) is 19.9 Å². The van der Waals surface area contributed by atoms with Crippen LogP contribution >= 0.6 is 0 Å². The summed E-state index contributed by atoms with van der Waals surface area (Å²) in [5.41, 5.74) is 0.0401. The predicted molar refractivity (Wildman–Crippen MR) is 111 cm³/mol. The van der Waals surface area contributed by atoms with E-state index in [9.17, 15) is 5.26 Å². The van der Waals surface area contributed by atoms with Crippen LogP contribution in [0.25, 0.3) is 0 Å². The molecule has 0 aromatic carbocycles. The van der Waals surface area contributed by atoms with Crippen LogP contribution in [-0.4, -0.2) is 0 Å². The summed E-state index contributed by atoms with van der Waals surface area (Å²) in [6.07, 6.45) is 22.3. The van der Waals surface area contributed by atoms with Crippen LogP contribution in [0.1, 0.15) is 117 Å². The van der Waals surface area contributed by atoms with Crippen LogP contribution in [0.2, 0.25) is 0 Å². The summed E-state index contributed by atoms with van der Waals surface area (Å²) in [5.74, 6) is 4.94. The van der Waals surface area contributed by atoms with Gasteiger partial charge in [-0.1, -0.05) is 65.2 Å². The Labute approximate surface area is 163 Å². The van der Waals surface area contributed by atoms with E-state index in [1.54, 1.807) is 6.42 Å². The van der Waals surface area contributed by atoms with Crippen molar-refractivity contribution >= 4 is 0 Å². The lowest BCUT2D eigenvalue weighted by molar-refractivity contribution is -0.0178. The zero-order valence-electron chi connectivity index (χ0n) is 17.6. The fraction of sp³-hybridized carbons (Fsp3) is 0.960. The minimum Gasteiger partial charge on any atom is -0.198 e. The first kappa shape index (κ1) is 20.2. The van der Waals surface area contributed by atoms with E-state index in [0.29, 0.717) is 0 Å². The van der Waals surface area contributed by atoms with Gasteiger partial charge in [-0.2, -0.15) is 5.26 Å². The monoisotopic (exact) mass is 357 g/mol. The molecule has 0 N–H and O–H groups in total. The maximum absolute atomic E-state index is 9.82. The third kappa shape index (κ3) is 4.66. The van der Waals surface area contributed by atoms with Crippen LogP contribution in [0.4, 0.5) is 0 Å². The molecular formula is C25H43N. The van der Waals surface area contributed by atoms with Crippen molar-refractivity contribution in [2.24, 2.45) is 35.0 Å². The summed E-state index contributed by atoms with van der Waals surface area (Å²) in [6.45, 7) is 4.57. The van der Waals surface area contributed by atoms with Gasteiger partial charge in [-0.05, 0) is 81.0 Å². The van der Waals surface area contributed by atoms with Crippen LogP contribution in [0.15, 0.2) is 0 Å². The summed E-state index contributed by atoms with van der Waals surface area (Å²) >= 11 is 0. The number of rotatable bonds is 8. The Morgan fingerprint density at radius 1 is 0.846 bits per heavy atom. The number of hydrogen-bond acceptors (Lipinski definition) is 1. The molecule has 3 aliphatic rings. The normalized spacial score (nSPS) is 39.7. The van der Waals surface area contributed by atoms with Gasteiger partial charge in [0.25, 0.3) is 0 Å². The zero-order valence-corrected chi connectivity index (χ0v) is 17.6. The Bertz CT molecular complexity index is 463. The van der Waals surface area contributed by atoms with Crippen LogP contribution in [0.3, 0.4) is 0 Å². The van der Waals surface area contributed by atoms with Crippen molar-refractivity contribution in [3.8, 4) is 6.07 Å². The van der Waals surface area contributed by atoms with Gasteiger partial charge in [-0.15, -0.1) is 0 Å². The van der Waals surface area contributed by atoms with Gasteiger partial charge in [-0.25, -0.2) is 0 Å². The summed E-state index contributed by atoms with van der Waals surface area (Å²) in [4.78, 5) is 0. The fourth-order valence-electron chi connectivity index (χ4n) is 7.18. The standard InChI is InChI=1S/C25H43N/c1-3-5-6-7-8-9-20-10-13-23-21(17-20)11-12-22-18-25(19-26,15-4-2)16-14-24(22)23/h20-24H,3-18H2,1-2H3. The van der Waals surface area contributed by atoms with Gasteiger partial charge in [0.2, 0.25) is 0 Å². The number of nitriles is 1. The lowest BCUT2D eigenvalue weighted by atomic mass is 9.52. The quantitative estimate of drug-likeness (QED) is 0.405. The molecule has 3 saturated carbocycles. The maximum atomic E-state index is 9.82. The Kier molecular flexibility index (Phi) is 7.48. The summed E-state index contributed by atoms with van der Waals surface area (Å²) in [6, 6.07) is 2.77. The highest BCUT2D eigenvalue weighted by Crippen LogP contribution is 2.57. The van der Waals surface area contributed by atoms with Gasteiger partial charge in [0, 0.05) is 0 Å². The van der Waals surface area contributed by atoms with Crippen molar-refractivity contribution in [2.45, 2.75) is 117 Å². The van der Waals surface area contributed by atoms with E-state index >= 15 is 0 Å². The van der Waals surface area contributed by atoms with Crippen molar-refractivity contribution < 1.29 is 0 Å². The predicted octanol–water partition coefficient (Wildman–Crippen LogP) is 7.90. The van der Waals surface area contributed by atoms with Gasteiger partial charge in [-0.3, -0.25) is 0 Å². The molecule has 0 saturated heterocycles. The molecule has 0 heterocycles. The van der Waals surface area contributed by atoms with E-state index in [0.717, 1.165) is 36.0 Å². The van der Waals surface area contributed by atoms with E-state index in [4.69, 9.17) is 0 Å². The van der Waals surface area contributed by atoms with Gasteiger partial charge in [0.1, 0.15) is 0 Å². The fourth-order valence-corrected chi connectivity index (χ4v) is 7.18. The van der Waals surface area contributed by atoms with Gasteiger partial charge < -0.3 is 0 Å². The van der Waals surface area contributed by atoms with Gasteiger partial charge in [0.15, 0.2) is 0 Å². The largest absolute Gasteiger partial charge is 0.198 e. The Hall–Kier alpha value is -0.510. The second kappa shape index (κ2) is 9.61. The Morgan fingerprint density at radius 3 is 2.38 bits per heavy atom. The number of hydrogen-bond donors (Lipinski definition) is 0. The molecule has 0 bridgehead atoms. The molecule has 1 nitrogen and oxygen atoms in total. The summed E-state index contributed by atoms with van der Waals surface area (Å²) in [5, 5.41) is 9.82. The average Bonchev–Trinajstić information content (AvgIpc) is 2.67. The molecule has 26 heavy (non-hydrogen) atoms. The third-order valence-corrected chi connectivity index (χ3v) is 8.50. The van der Waals surface area contributed by atoms with Crippen molar-refractivity contribution in [2.75, 3.05) is 0 Å². The van der Waals surface area contributed by atoms with Crippen LogP contribution in [0.5, 0.6) is 0 Å². The van der Waals surface area contributed by atoms with Crippen molar-refractivity contribution in [3.05, 3.63) is 0 Å². The minimum absolute atomic E-state index is 0.0401. The Balaban J connectivity index is 1.48. The second-order valence-electron chi connectivity index (χ2n) is 10.2.